The zero-order valence-corrected chi connectivity index (χ0v) is 23.1. The second kappa shape index (κ2) is 13.5. The molecule has 10 heteroatoms. The van der Waals surface area contributed by atoms with Crippen molar-refractivity contribution in [2.24, 2.45) is 0 Å². The first-order valence-corrected chi connectivity index (χ1v) is 14.2. The van der Waals surface area contributed by atoms with Crippen LogP contribution in [0, 0.1) is 0 Å². The van der Waals surface area contributed by atoms with Gasteiger partial charge in [0, 0.05) is 30.6 Å². The molecule has 198 valence electrons. The van der Waals surface area contributed by atoms with E-state index >= 15 is 0 Å². The Morgan fingerprint density at radius 3 is 2.33 bits per heavy atom. The molecule has 2 rings (SSSR count). The van der Waals surface area contributed by atoms with Crippen LogP contribution in [0.3, 0.4) is 0 Å². The van der Waals surface area contributed by atoms with Crippen LogP contribution < -0.4 is 14.4 Å². The van der Waals surface area contributed by atoms with Crippen LogP contribution in [0.15, 0.2) is 48.5 Å². The number of amides is 2. The number of sulfonamides is 1. The number of carbonyl (C=O) groups is 2. The number of halogens is 1. The summed E-state index contributed by atoms with van der Waals surface area (Å²) in [5.41, 5.74) is 1.13. The number of rotatable bonds is 13. The predicted molar refractivity (Wildman–Crippen MR) is 144 cm³/mol. The van der Waals surface area contributed by atoms with Gasteiger partial charge in [-0.15, -0.1) is 0 Å². The summed E-state index contributed by atoms with van der Waals surface area (Å²) < 4.78 is 31.6. The number of nitrogens with one attached hydrogen (secondary N) is 1. The molecule has 0 bridgehead atoms. The van der Waals surface area contributed by atoms with Crippen LogP contribution >= 0.6 is 11.6 Å². The predicted octanol–water partition coefficient (Wildman–Crippen LogP) is 4.23. The summed E-state index contributed by atoms with van der Waals surface area (Å²) >= 11 is 6.33. The molecule has 0 aliphatic heterocycles. The van der Waals surface area contributed by atoms with E-state index in [1.807, 2.05) is 26.0 Å². The van der Waals surface area contributed by atoms with E-state index in [0.29, 0.717) is 16.5 Å². The molecule has 8 nitrogen and oxygen atoms in total. The Balaban J connectivity index is 2.21. The first kappa shape index (κ1) is 29.5. The summed E-state index contributed by atoms with van der Waals surface area (Å²) in [6.07, 6.45) is 2.18. The van der Waals surface area contributed by atoms with Gasteiger partial charge >= 0.3 is 0 Å². The monoisotopic (exact) mass is 537 g/mol. The van der Waals surface area contributed by atoms with E-state index in [2.05, 4.69) is 5.32 Å². The van der Waals surface area contributed by atoms with Gasteiger partial charge in [-0.3, -0.25) is 13.9 Å². The molecule has 0 aliphatic carbocycles. The standard InChI is InChI=1S/C26H36ClN3O5S/c1-6-19(2)28-26(32)20(3)29(18-21-12-7-8-13-22(21)27)25(31)16-11-17-30(36(5,33)34)23-14-9-10-15-24(23)35-4/h7-10,12-15,19-20H,6,11,16-18H2,1-5H3,(H,28,32)/t19-,20+/m0/s1. The Labute approximate surface area is 219 Å². The molecule has 0 radical (unpaired) electrons. The molecule has 2 amide bonds. The molecule has 0 saturated carbocycles. The third-order valence-corrected chi connectivity index (χ3v) is 7.52. The molecule has 0 spiro atoms. The molecule has 0 saturated heterocycles. The highest BCUT2D eigenvalue weighted by Gasteiger charge is 2.28. The maximum Gasteiger partial charge on any atom is 0.242 e. The van der Waals surface area contributed by atoms with Crippen LogP contribution in [0.1, 0.15) is 45.6 Å². The number of para-hydroxylation sites is 2. The second-order valence-corrected chi connectivity index (χ2v) is 11.0. The van der Waals surface area contributed by atoms with Gasteiger partial charge in [0.15, 0.2) is 0 Å². The molecule has 36 heavy (non-hydrogen) atoms. The van der Waals surface area contributed by atoms with Gasteiger partial charge in [-0.25, -0.2) is 8.42 Å². The van der Waals surface area contributed by atoms with Gasteiger partial charge in [-0.05, 0) is 50.5 Å². The fraction of sp³-hybridized carbons (Fsp3) is 0.462. The largest absolute Gasteiger partial charge is 0.495 e. The van der Waals surface area contributed by atoms with Crippen LogP contribution in [0.2, 0.25) is 5.02 Å². The van der Waals surface area contributed by atoms with Gasteiger partial charge in [-0.2, -0.15) is 0 Å². The van der Waals surface area contributed by atoms with Crippen molar-refractivity contribution in [1.82, 2.24) is 10.2 Å². The lowest BCUT2D eigenvalue weighted by atomic mass is 10.1. The molecule has 1 N–H and O–H groups in total. The number of ether oxygens (including phenoxy) is 1. The molecule has 0 unspecified atom stereocenters. The lowest BCUT2D eigenvalue weighted by molar-refractivity contribution is -0.140. The molecule has 0 aliphatic rings. The normalized spacial score (nSPS) is 12.9. The minimum absolute atomic E-state index is 0.0265. The van der Waals surface area contributed by atoms with Crippen molar-refractivity contribution in [2.75, 3.05) is 24.2 Å². The molecule has 2 atom stereocenters. The van der Waals surface area contributed by atoms with Crippen molar-refractivity contribution in [3.8, 4) is 5.75 Å². The van der Waals surface area contributed by atoms with Crippen molar-refractivity contribution in [1.29, 1.82) is 0 Å². The third kappa shape index (κ3) is 8.13. The first-order valence-electron chi connectivity index (χ1n) is 11.9. The molecule has 0 heterocycles. The van der Waals surface area contributed by atoms with E-state index in [9.17, 15) is 18.0 Å². The molecular formula is C26H36ClN3O5S. The lowest BCUT2D eigenvalue weighted by Crippen LogP contribution is -2.49. The quantitative estimate of drug-likeness (QED) is 0.412. The summed E-state index contributed by atoms with van der Waals surface area (Å²) in [4.78, 5) is 27.7. The molecular weight excluding hydrogens is 502 g/mol. The molecule has 0 fully saturated rings. The number of benzene rings is 2. The Bertz CT molecular complexity index is 1140. The fourth-order valence-corrected chi connectivity index (χ4v) is 4.84. The Morgan fingerprint density at radius 1 is 1.08 bits per heavy atom. The smallest absolute Gasteiger partial charge is 0.242 e. The second-order valence-electron chi connectivity index (χ2n) is 8.72. The number of methoxy groups -OCH3 is 1. The third-order valence-electron chi connectivity index (χ3n) is 5.97. The van der Waals surface area contributed by atoms with E-state index in [1.54, 1.807) is 43.3 Å². The summed E-state index contributed by atoms with van der Waals surface area (Å²) in [7, 11) is -2.15. The van der Waals surface area contributed by atoms with Gasteiger partial charge in [0.2, 0.25) is 21.8 Å². The van der Waals surface area contributed by atoms with Crippen molar-refractivity contribution >= 4 is 39.1 Å². The Morgan fingerprint density at radius 2 is 1.72 bits per heavy atom. The summed E-state index contributed by atoms with van der Waals surface area (Å²) in [6, 6.07) is 13.2. The van der Waals surface area contributed by atoms with Crippen LogP contribution in [-0.4, -0.2) is 57.1 Å². The van der Waals surface area contributed by atoms with E-state index in [1.165, 1.54) is 16.3 Å². The molecule has 2 aromatic carbocycles. The highest BCUT2D eigenvalue weighted by Crippen LogP contribution is 2.30. The lowest BCUT2D eigenvalue weighted by Gasteiger charge is -2.30. The zero-order valence-electron chi connectivity index (χ0n) is 21.5. The average Bonchev–Trinajstić information content (AvgIpc) is 2.84. The van der Waals surface area contributed by atoms with Gasteiger partial charge in [0.05, 0.1) is 19.1 Å². The van der Waals surface area contributed by atoms with Crippen molar-refractivity contribution in [3.63, 3.8) is 0 Å². The highest BCUT2D eigenvalue weighted by molar-refractivity contribution is 7.92. The van der Waals surface area contributed by atoms with Crippen molar-refractivity contribution < 1.29 is 22.7 Å². The van der Waals surface area contributed by atoms with Gasteiger partial charge in [0.25, 0.3) is 0 Å². The topological polar surface area (TPSA) is 96.0 Å². The van der Waals surface area contributed by atoms with Gasteiger partial charge in [0.1, 0.15) is 11.8 Å². The van der Waals surface area contributed by atoms with Gasteiger partial charge < -0.3 is 15.0 Å². The number of hydrogen-bond acceptors (Lipinski definition) is 5. The Hall–Kier alpha value is -2.78. The molecule has 0 aromatic heterocycles. The molecule has 2 aromatic rings. The maximum atomic E-state index is 13.4. The minimum atomic E-state index is -3.62. The summed E-state index contributed by atoms with van der Waals surface area (Å²) in [5.74, 6) is -0.100. The van der Waals surface area contributed by atoms with Crippen LogP contribution in [0.5, 0.6) is 5.75 Å². The van der Waals surface area contributed by atoms with E-state index in [-0.39, 0.29) is 43.8 Å². The maximum absolute atomic E-state index is 13.4. The fourth-order valence-electron chi connectivity index (χ4n) is 3.68. The number of carbonyl (C=O) groups excluding carboxylic acids is 2. The zero-order chi connectivity index (χ0) is 26.9. The summed E-state index contributed by atoms with van der Waals surface area (Å²) in [6.45, 7) is 5.80. The van der Waals surface area contributed by atoms with Crippen LogP contribution in [-0.2, 0) is 26.2 Å². The van der Waals surface area contributed by atoms with Crippen LogP contribution in [0.4, 0.5) is 5.69 Å². The minimum Gasteiger partial charge on any atom is -0.495 e. The number of anilines is 1. The van der Waals surface area contributed by atoms with E-state index < -0.39 is 16.1 Å². The number of hydrogen-bond donors (Lipinski definition) is 1. The van der Waals surface area contributed by atoms with Crippen molar-refractivity contribution in [3.05, 3.63) is 59.1 Å². The van der Waals surface area contributed by atoms with E-state index in [0.717, 1.165) is 18.2 Å². The first-order chi connectivity index (χ1) is 17.0. The van der Waals surface area contributed by atoms with E-state index in [4.69, 9.17) is 16.3 Å². The van der Waals surface area contributed by atoms with Gasteiger partial charge in [-0.1, -0.05) is 48.9 Å². The SMILES string of the molecule is CC[C@H](C)NC(=O)[C@@H](C)N(Cc1ccccc1Cl)C(=O)CCCN(c1ccccc1OC)S(C)(=O)=O. The highest BCUT2D eigenvalue weighted by atomic mass is 35.5. The summed E-state index contributed by atoms with van der Waals surface area (Å²) in [5, 5.41) is 3.43. The van der Waals surface area contributed by atoms with Crippen molar-refractivity contribution in [2.45, 2.75) is 58.7 Å². The average molecular weight is 538 g/mol. The number of nitrogens with zero attached hydrogens (tertiary/aromatic N) is 2. The Kier molecular flexibility index (Phi) is 11.0. The van der Waals surface area contributed by atoms with Crippen LogP contribution in [0.25, 0.3) is 0 Å².